The summed E-state index contributed by atoms with van der Waals surface area (Å²) >= 11 is 0. The van der Waals surface area contributed by atoms with Gasteiger partial charge in [0.25, 0.3) is 5.91 Å². The Balaban J connectivity index is 2.05. The van der Waals surface area contributed by atoms with Crippen LogP contribution in [0.4, 0.5) is 5.69 Å². The van der Waals surface area contributed by atoms with Crippen LogP contribution in [0.25, 0.3) is 0 Å². The number of aromatic nitrogens is 1. The van der Waals surface area contributed by atoms with Gasteiger partial charge in [0.2, 0.25) is 0 Å². The number of carbonyl (C=O) groups is 1. The highest BCUT2D eigenvalue weighted by Crippen LogP contribution is 2.27. The first kappa shape index (κ1) is 11.9. The normalized spacial score (nSPS) is 15.4. The number of nitrogens with zero attached hydrogens (tertiary/aromatic N) is 2. The highest BCUT2D eigenvalue weighted by molar-refractivity contribution is 5.93. The molecule has 1 saturated carbocycles. The smallest absolute Gasteiger partial charge is 0.272 e. The Bertz CT molecular complexity index is 401. The molecule has 2 N–H and O–H groups in total. The van der Waals surface area contributed by atoms with E-state index in [1.165, 1.54) is 19.3 Å². The summed E-state index contributed by atoms with van der Waals surface area (Å²) in [5.74, 6) is 0.673. The third-order valence-electron chi connectivity index (χ3n) is 3.38. The molecule has 0 saturated heterocycles. The van der Waals surface area contributed by atoms with Crippen molar-refractivity contribution in [2.45, 2.75) is 26.2 Å². The van der Waals surface area contributed by atoms with Crippen molar-refractivity contribution >= 4 is 11.6 Å². The van der Waals surface area contributed by atoms with Crippen molar-refractivity contribution in [1.29, 1.82) is 0 Å². The molecule has 1 fully saturated rings. The number of rotatable bonds is 4. The summed E-state index contributed by atoms with van der Waals surface area (Å²) in [6, 6.07) is 3.34. The Morgan fingerprint density at radius 3 is 2.88 bits per heavy atom. The number of hydrogen-bond acceptors (Lipinski definition) is 3. The standard InChI is InChI=1S/C13H19N3O/c1-2-16(9-10-4-3-5-10)13(17)12-8-11(14)6-7-15-12/h6-8,10H,2-5,9H2,1H3,(H2,14,15). The van der Waals surface area contributed by atoms with Gasteiger partial charge in [-0.2, -0.15) is 0 Å². The molecule has 4 heteroatoms. The lowest BCUT2D eigenvalue weighted by Crippen LogP contribution is -2.37. The molecule has 17 heavy (non-hydrogen) atoms. The summed E-state index contributed by atoms with van der Waals surface area (Å²) in [6.07, 6.45) is 5.37. The molecular weight excluding hydrogens is 214 g/mol. The van der Waals surface area contributed by atoms with Crippen molar-refractivity contribution in [1.82, 2.24) is 9.88 Å². The Kier molecular flexibility index (Phi) is 3.61. The van der Waals surface area contributed by atoms with Crippen LogP contribution in [0.2, 0.25) is 0 Å². The van der Waals surface area contributed by atoms with Gasteiger partial charge in [-0.25, -0.2) is 0 Å². The minimum atomic E-state index is -0.00769. The largest absolute Gasteiger partial charge is 0.399 e. The summed E-state index contributed by atoms with van der Waals surface area (Å²) in [7, 11) is 0. The number of nitrogens with two attached hydrogens (primary N) is 1. The molecule has 0 radical (unpaired) electrons. The molecule has 1 heterocycles. The predicted molar refractivity (Wildman–Crippen MR) is 67.6 cm³/mol. The highest BCUT2D eigenvalue weighted by atomic mass is 16.2. The third-order valence-corrected chi connectivity index (χ3v) is 3.38. The molecule has 4 nitrogen and oxygen atoms in total. The summed E-state index contributed by atoms with van der Waals surface area (Å²) in [4.78, 5) is 18.2. The third kappa shape index (κ3) is 2.75. The molecule has 0 aromatic carbocycles. The second kappa shape index (κ2) is 5.17. The van der Waals surface area contributed by atoms with E-state index in [0.717, 1.165) is 13.1 Å². The van der Waals surface area contributed by atoms with Gasteiger partial charge < -0.3 is 10.6 Å². The fourth-order valence-corrected chi connectivity index (χ4v) is 2.07. The predicted octanol–water partition coefficient (Wildman–Crippen LogP) is 1.93. The van der Waals surface area contributed by atoms with E-state index in [4.69, 9.17) is 5.73 Å². The van der Waals surface area contributed by atoms with E-state index in [0.29, 0.717) is 17.3 Å². The fourth-order valence-electron chi connectivity index (χ4n) is 2.07. The van der Waals surface area contributed by atoms with E-state index in [1.807, 2.05) is 11.8 Å². The van der Waals surface area contributed by atoms with Gasteiger partial charge >= 0.3 is 0 Å². The zero-order chi connectivity index (χ0) is 12.3. The maximum atomic E-state index is 12.2. The maximum Gasteiger partial charge on any atom is 0.272 e. The SMILES string of the molecule is CCN(CC1CCC1)C(=O)c1cc(N)ccn1. The van der Waals surface area contributed by atoms with Crippen LogP contribution in [-0.4, -0.2) is 28.9 Å². The molecule has 0 aliphatic heterocycles. The number of amides is 1. The molecule has 1 aromatic rings. The first-order valence-corrected chi connectivity index (χ1v) is 6.21. The van der Waals surface area contributed by atoms with E-state index >= 15 is 0 Å². The van der Waals surface area contributed by atoms with Crippen molar-refractivity contribution in [3.05, 3.63) is 24.0 Å². The minimum absolute atomic E-state index is 0.00769. The molecular formula is C13H19N3O. The number of nitrogen functional groups attached to an aromatic ring is 1. The zero-order valence-electron chi connectivity index (χ0n) is 10.2. The van der Waals surface area contributed by atoms with E-state index in [9.17, 15) is 4.79 Å². The summed E-state index contributed by atoms with van der Waals surface area (Å²) in [6.45, 7) is 3.58. The quantitative estimate of drug-likeness (QED) is 0.864. The van der Waals surface area contributed by atoms with Gasteiger partial charge in [-0.05, 0) is 37.8 Å². The second-order valence-electron chi connectivity index (χ2n) is 4.62. The van der Waals surface area contributed by atoms with E-state index < -0.39 is 0 Å². The van der Waals surface area contributed by atoms with E-state index in [2.05, 4.69) is 4.98 Å². The van der Waals surface area contributed by atoms with Crippen LogP contribution in [0.1, 0.15) is 36.7 Å². The van der Waals surface area contributed by atoms with Gasteiger partial charge in [-0.3, -0.25) is 9.78 Å². The Labute approximate surface area is 102 Å². The fraction of sp³-hybridized carbons (Fsp3) is 0.538. The molecule has 92 valence electrons. The van der Waals surface area contributed by atoms with Crippen molar-refractivity contribution in [3.63, 3.8) is 0 Å². The molecule has 2 rings (SSSR count). The molecule has 0 atom stereocenters. The Morgan fingerprint density at radius 1 is 1.59 bits per heavy atom. The lowest BCUT2D eigenvalue weighted by atomic mass is 9.85. The van der Waals surface area contributed by atoms with Gasteiger partial charge in [0.1, 0.15) is 5.69 Å². The van der Waals surface area contributed by atoms with Crippen LogP contribution in [0.5, 0.6) is 0 Å². The van der Waals surface area contributed by atoms with Crippen molar-refractivity contribution in [3.8, 4) is 0 Å². The summed E-state index contributed by atoms with van der Waals surface area (Å²) < 4.78 is 0. The first-order chi connectivity index (χ1) is 8.20. The monoisotopic (exact) mass is 233 g/mol. The zero-order valence-corrected chi connectivity index (χ0v) is 10.2. The molecule has 0 unspecified atom stereocenters. The van der Waals surface area contributed by atoms with Gasteiger partial charge in [-0.15, -0.1) is 0 Å². The van der Waals surface area contributed by atoms with Gasteiger partial charge in [0.05, 0.1) is 0 Å². The average Bonchev–Trinajstić information content (AvgIpc) is 2.27. The van der Waals surface area contributed by atoms with Gasteiger partial charge in [0.15, 0.2) is 0 Å². The summed E-state index contributed by atoms with van der Waals surface area (Å²) in [5, 5.41) is 0. The van der Waals surface area contributed by atoms with Crippen LogP contribution in [0.3, 0.4) is 0 Å². The van der Waals surface area contributed by atoms with Crippen LogP contribution >= 0.6 is 0 Å². The van der Waals surface area contributed by atoms with Crippen LogP contribution in [0.15, 0.2) is 18.3 Å². The Morgan fingerprint density at radius 2 is 2.35 bits per heavy atom. The average molecular weight is 233 g/mol. The Hall–Kier alpha value is -1.58. The van der Waals surface area contributed by atoms with Gasteiger partial charge in [0, 0.05) is 25.0 Å². The topological polar surface area (TPSA) is 59.2 Å². The summed E-state index contributed by atoms with van der Waals surface area (Å²) in [5.41, 5.74) is 6.70. The number of anilines is 1. The van der Waals surface area contributed by atoms with Crippen molar-refractivity contribution in [2.75, 3.05) is 18.8 Å². The molecule has 1 aromatic heterocycles. The van der Waals surface area contributed by atoms with E-state index in [-0.39, 0.29) is 5.91 Å². The molecule has 0 bridgehead atoms. The molecule has 0 spiro atoms. The molecule has 1 amide bonds. The molecule has 1 aliphatic rings. The minimum Gasteiger partial charge on any atom is -0.399 e. The second-order valence-corrected chi connectivity index (χ2v) is 4.62. The molecule has 1 aliphatic carbocycles. The van der Waals surface area contributed by atoms with E-state index in [1.54, 1.807) is 18.3 Å². The lowest BCUT2D eigenvalue weighted by Gasteiger charge is -2.31. The van der Waals surface area contributed by atoms with Crippen LogP contribution in [0, 0.1) is 5.92 Å². The number of hydrogen-bond donors (Lipinski definition) is 1. The van der Waals surface area contributed by atoms with Gasteiger partial charge in [-0.1, -0.05) is 6.42 Å². The lowest BCUT2D eigenvalue weighted by molar-refractivity contribution is 0.0700. The van der Waals surface area contributed by atoms with Crippen LogP contribution < -0.4 is 5.73 Å². The maximum absolute atomic E-state index is 12.2. The van der Waals surface area contributed by atoms with Crippen molar-refractivity contribution in [2.24, 2.45) is 5.92 Å². The highest BCUT2D eigenvalue weighted by Gasteiger charge is 2.23. The van der Waals surface area contributed by atoms with Crippen LogP contribution in [-0.2, 0) is 0 Å². The first-order valence-electron chi connectivity index (χ1n) is 6.21. The number of pyridine rings is 1. The van der Waals surface area contributed by atoms with Crippen molar-refractivity contribution < 1.29 is 4.79 Å². The number of carbonyl (C=O) groups excluding carboxylic acids is 1.